The van der Waals surface area contributed by atoms with Crippen molar-refractivity contribution in [3.05, 3.63) is 89.6 Å². The number of anilines is 2. The number of aliphatic imine (C=N–C) groups is 1. The van der Waals surface area contributed by atoms with Gasteiger partial charge in [0.2, 0.25) is 0 Å². The van der Waals surface area contributed by atoms with Gasteiger partial charge in [0.1, 0.15) is 11.4 Å². The standard InChI is InChI=1S/C25H24N6O/c1-26-19-11-7-17(8-12-19)15-28-23-21-5-3-4-6-22(21)30-24(23)25(32)31-29-16-18-9-13-20(27-2)14-10-18/h3-16,26-27,30H,1-2H3,(H,31,32)/b28-15?,29-16+. The maximum atomic E-state index is 12.9. The topological polar surface area (TPSA) is 93.7 Å². The third kappa shape index (κ3) is 4.67. The molecule has 1 amide bonds. The molecule has 0 bridgehead atoms. The fourth-order valence-corrected chi connectivity index (χ4v) is 3.26. The van der Waals surface area contributed by atoms with Crippen molar-refractivity contribution in [2.24, 2.45) is 10.1 Å². The fourth-order valence-electron chi connectivity index (χ4n) is 3.26. The maximum Gasteiger partial charge on any atom is 0.290 e. The van der Waals surface area contributed by atoms with Crippen LogP contribution in [-0.4, -0.2) is 37.4 Å². The number of carbonyl (C=O) groups excluding carboxylic acids is 1. The van der Waals surface area contributed by atoms with Crippen molar-refractivity contribution >= 4 is 46.3 Å². The minimum atomic E-state index is -0.359. The van der Waals surface area contributed by atoms with Crippen LogP contribution in [0.1, 0.15) is 21.6 Å². The van der Waals surface area contributed by atoms with Gasteiger partial charge in [-0.3, -0.25) is 9.79 Å². The molecule has 160 valence electrons. The van der Waals surface area contributed by atoms with E-state index in [0.717, 1.165) is 33.4 Å². The van der Waals surface area contributed by atoms with E-state index < -0.39 is 0 Å². The second-order valence-electron chi connectivity index (χ2n) is 7.10. The van der Waals surface area contributed by atoms with E-state index in [1.807, 2.05) is 86.9 Å². The Kier molecular flexibility index (Phi) is 6.27. The summed E-state index contributed by atoms with van der Waals surface area (Å²) in [4.78, 5) is 20.7. The van der Waals surface area contributed by atoms with Crippen LogP contribution in [0.25, 0.3) is 10.9 Å². The zero-order valence-electron chi connectivity index (χ0n) is 17.9. The molecular weight excluding hydrogens is 400 g/mol. The number of carbonyl (C=O) groups is 1. The lowest BCUT2D eigenvalue weighted by Crippen LogP contribution is -2.18. The average molecular weight is 425 g/mol. The Labute approximate surface area is 186 Å². The molecule has 7 heteroatoms. The Balaban J connectivity index is 1.57. The van der Waals surface area contributed by atoms with Crippen molar-refractivity contribution in [3.8, 4) is 0 Å². The number of hydrogen-bond donors (Lipinski definition) is 4. The fraction of sp³-hybridized carbons (Fsp3) is 0.0800. The maximum absolute atomic E-state index is 12.9. The highest BCUT2D eigenvalue weighted by Crippen LogP contribution is 2.30. The number of aromatic amines is 1. The van der Waals surface area contributed by atoms with E-state index in [1.165, 1.54) is 0 Å². The smallest absolute Gasteiger partial charge is 0.290 e. The predicted molar refractivity (Wildman–Crippen MR) is 133 cm³/mol. The van der Waals surface area contributed by atoms with Gasteiger partial charge in [0, 0.05) is 42.6 Å². The van der Waals surface area contributed by atoms with Crippen molar-refractivity contribution in [1.29, 1.82) is 0 Å². The van der Waals surface area contributed by atoms with Crippen LogP contribution in [-0.2, 0) is 0 Å². The third-order valence-electron chi connectivity index (χ3n) is 5.03. The average Bonchev–Trinajstić information content (AvgIpc) is 3.22. The summed E-state index contributed by atoms with van der Waals surface area (Å²) in [5.41, 5.74) is 8.20. The van der Waals surface area contributed by atoms with E-state index in [2.05, 4.69) is 31.1 Å². The van der Waals surface area contributed by atoms with Crippen molar-refractivity contribution in [2.75, 3.05) is 24.7 Å². The van der Waals surface area contributed by atoms with Gasteiger partial charge in [0.05, 0.1) is 6.21 Å². The van der Waals surface area contributed by atoms with Gasteiger partial charge in [-0.1, -0.05) is 42.5 Å². The first-order valence-electron chi connectivity index (χ1n) is 10.2. The highest BCUT2D eigenvalue weighted by Gasteiger charge is 2.16. The number of para-hydroxylation sites is 1. The summed E-state index contributed by atoms with van der Waals surface area (Å²) in [7, 11) is 3.74. The van der Waals surface area contributed by atoms with Gasteiger partial charge >= 0.3 is 0 Å². The van der Waals surface area contributed by atoms with Crippen LogP contribution in [0.2, 0.25) is 0 Å². The predicted octanol–water partition coefficient (Wildman–Crippen LogP) is 4.77. The number of aromatic nitrogens is 1. The number of amides is 1. The van der Waals surface area contributed by atoms with Gasteiger partial charge in [0.25, 0.3) is 5.91 Å². The van der Waals surface area contributed by atoms with Gasteiger partial charge < -0.3 is 15.6 Å². The molecule has 0 saturated carbocycles. The molecule has 4 aromatic rings. The first kappa shape index (κ1) is 20.9. The zero-order chi connectivity index (χ0) is 22.3. The summed E-state index contributed by atoms with van der Waals surface area (Å²) in [6.45, 7) is 0. The number of nitrogens with zero attached hydrogens (tertiary/aromatic N) is 2. The number of H-pyrrole nitrogens is 1. The van der Waals surface area contributed by atoms with Crippen LogP contribution in [0.5, 0.6) is 0 Å². The van der Waals surface area contributed by atoms with Crippen LogP contribution in [0.3, 0.4) is 0 Å². The molecule has 32 heavy (non-hydrogen) atoms. The van der Waals surface area contributed by atoms with Crippen LogP contribution >= 0.6 is 0 Å². The Morgan fingerprint density at radius 2 is 1.41 bits per heavy atom. The first-order chi connectivity index (χ1) is 15.7. The molecule has 0 unspecified atom stereocenters. The third-order valence-corrected chi connectivity index (χ3v) is 5.03. The summed E-state index contributed by atoms with van der Waals surface area (Å²) in [6, 6.07) is 23.3. The quantitative estimate of drug-likeness (QED) is 0.254. The monoisotopic (exact) mass is 424 g/mol. The zero-order valence-corrected chi connectivity index (χ0v) is 17.9. The Bertz CT molecular complexity index is 1270. The second-order valence-corrected chi connectivity index (χ2v) is 7.10. The number of benzene rings is 3. The number of hydrogen-bond acceptors (Lipinski definition) is 5. The van der Waals surface area contributed by atoms with Crippen molar-refractivity contribution in [2.45, 2.75) is 0 Å². The molecule has 3 aromatic carbocycles. The van der Waals surface area contributed by atoms with Gasteiger partial charge in [0.15, 0.2) is 0 Å². The number of nitrogens with one attached hydrogen (secondary N) is 4. The summed E-state index contributed by atoms with van der Waals surface area (Å²) in [5, 5.41) is 11.1. The molecule has 4 rings (SSSR count). The minimum Gasteiger partial charge on any atom is -0.388 e. The van der Waals surface area contributed by atoms with Gasteiger partial charge in [-0.25, -0.2) is 5.43 Å². The molecule has 0 aliphatic rings. The lowest BCUT2D eigenvalue weighted by molar-refractivity contribution is 0.0951. The molecule has 1 aromatic heterocycles. The van der Waals surface area contributed by atoms with Gasteiger partial charge in [-0.15, -0.1) is 0 Å². The Morgan fingerprint density at radius 1 is 0.812 bits per heavy atom. The van der Waals surface area contributed by atoms with E-state index >= 15 is 0 Å². The van der Waals surface area contributed by atoms with Crippen LogP contribution < -0.4 is 16.1 Å². The van der Waals surface area contributed by atoms with E-state index in [1.54, 1.807) is 12.4 Å². The van der Waals surface area contributed by atoms with E-state index in [9.17, 15) is 4.79 Å². The highest BCUT2D eigenvalue weighted by molar-refractivity contribution is 6.08. The second kappa shape index (κ2) is 9.61. The van der Waals surface area contributed by atoms with Crippen LogP contribution in [0, 0.1) is 0 Å². The van der Waals surface area contributed by atoms with Crippen molar-refractivity contribution < 1.29 is 4.79 Å². The molecule has 0 aliphatic carbocycles. The molecule has 7 nitrogen and oxygen atoms in total. The normalized spacial score (nSPS) is 11.3. The molecule has 0 saturated heterocycles. The molecule has 0 spiro atoms. The van der Waals surface area contributed by atoms with Crippen LogP contribution in [0.4, 0.5) is 17.1 Å². The number of fused-ring (bicyclic) bond motifs is 1. The number of hydrazone groups is 1. The largest absolute Gasteiger partial charge is 0.388 e. The molecule has 0 atom stereocenters. The Hall–Kier alpha value is -4.39. The highest BCUT2D eigenvalue weighted by atomic mass is 16.2. The molecule has 1 heterocycles. The minimum absolute atomic E-state index is 0.358. The van der Waals surface area contributed by atoms with Gasteiger partial charge in [-0.05, 0) is 41.5 Å². The first-order valence-corrected chi connectivity index (χ1v) is 10.2. The summed E-state index contributed by atoms with van der Waals surface area (Å²) >= 11 is 0. The molecule has 0 fully saturated rings. The van der Waals surface area contributed by atoms with E-state index in [-0.39, 0.29) is 5.91 Å². The lowest BCUT2D eigenvalue weighted by atomic mass is 10.2. The van der Waals surface area contributed by atoms with Crippen molar-refractivity contribution in [1.82, 2.24) is 10.4 Å². The molecular formula is C25H24N6O. The van der Waals surface area contributed by atoms with E-state index in [0.29, 0.717) is 11.4 Å². The number of rotatable bonds is 7. The Morgan fingerprint density at radius 3 is 2.03 bits per heavy atom. The van der Waals surface area contributed by atoms with Crippen LogP contribution in [0.15, 0.2) is 82.9 Å². The van der Waals surface area contributed by atoms with Gasteiger partial charge in [-0.2, -0.15) is 5.10 Å². The SMILES string of the molecule is CNc1ccc(C=Nc2c(C(=O)N/N=C/c3ccc(NC)cc3)[nH]c3ccccc23)cc1. The van der Waals surface area contributed by atoms with Crippen molar-refractivity contribution in [3.63, 3.8) is 0 Å². The molecule has 0 aliphatic heterocycles. The molecule has 4 N–H and O–H groups in total. The lowest BCUT2D eigenvalue weighted by Gasteiger charge is -2.01. The summed E-state index contributed by atoms with van der Waals surface area (Å²) < 4.78 is 0. The summed E-state index contributed by atoms with van der Waals surface area (Å²) in [6.07, 6.45) is 3.35. The summed E-state index contributed by atoms with van der Waals surface area (Å²) in [5.74, 6) is -0.359. The van der Waals surface area contributed by atoms with E-state index in [4.69, 9.17) is 0 Å². The molecule has 0 radical (unpaired) electrons.